The third kappa shape index (κ3) is 1.86. The summed E-state index contributed by atoms with van der Waals surface area (Å²) in [5.74, 6) is -6.03. The second-order valence-electron chi connectivity index (χ2n) is 5.32. The van der Waals surface area contributed by atoms with Crippen molar-refractivity contribution in [2.45, 2.75) is 24.1 Å². The number of rotatable bonds is 3. The molecule has 3 aliphatic rings. The third-order valence-corrected chi connectivity index (χ3v) is 5.39. The first kappa shape index (κ1) is 14.6. The first-order valence-electron chi connectivity index (χ1n) is 5.97. The fraction of sp³-hybridized carbons (Fsp3) is 0.800. The number of aliphatic carboxylic acids is 1. The van der Waals surface area contributed by atoms with E-state index in [0.29, 0.717) is 0 Å². The van der Waals surface area contributed by atoms with Gasteiger partial charge in [0.2, 0.25) is 0 Å². The van der Waals surface area contributed by atoms with Gasteiger partial charge in [0.05, 0.1) is 11.8 Å². The van der Waals surface area contributed by atoms with E-state index in [1.54, 1.807) is 0 Å². The predicted octanol–water partition coefficient (Wildman–Crippen LogP) is 0.113. The summed E-state index contributed by atoms with van der Waals surface area (Å²) in [6.45, 7) is 0. The topological polar surface area (TPSA) is 107 Å². The highest BCUT2D eigenvalue weighted by molar-refractivity contribution is 7.87. The molecule has 7 nitrogen and oxygen atoms in total. The highest BCUT2D eigenvalue weighted by Gasteiger charge is 2.70. The molecule has 1 heterocycles. The number of hydrogen-bond donors (Lipinski definition) is 1. The number of carboxylic acids is 1. The Bertz CT molecular complexity index is 613. The fourth-order valence-electron chi connectivity index (χ4n) is 3.66. The van der Waals surface area contributed by atoms with Crippen molar-refractivity contribution in [3.8, 4) is 0 Å². The van der Waals surface area contributed by atoms with Crippen molar-refractivity contribution in [2.75, 3.05) is 0 Å². The molecule has 2 saturated carbocycles. The predicted molar refractivity (Wildman–Crippen MR) is 55.9 cm³/mol. The van der Waals surface area contributed by atoms with Crippen LogP contribution in [0.3, 0.4) is 0 Å². The largest absolute Gasteiger partial charge is 0.523 e. The maximum atomic E-state index is 12.4. The van der Waals surface area contributed by atoms with Crippen LogP contribution in [0, 0.1) is 23.7 Å². The van der Waals surface area contributed by atoms with Crippen LogP contribution >= 0.6 is 0 Å². The lowest BCUT2D eigenvalue weighted by atomic mass is 9.78. The molecule has 3 rings (SSSR count). The monoisotopic (exact) mass is 330 g/mol. The Morgan fingerprint density at radius 3 is 2.48 bits per heavy atom. The highest BCUT2D eigenvalue weighted by atomic mass is 32.2. The van der Waals surface area contributed by atoms with Gasteiger partial charge >= 0.3 is 27.6 Å². The Hall–Kier alpha value is -1.36. The van der Waals surface area contributed by atoms with Gasteiger partial charge in [-0.3, -0.25) is 13.8 Å². The van der Waals surface area contributed by atoms with Gasteiger partial charge in [-0.05, 0) is 6.42 Å². The Kier molecular flexibility index (Phi) is 2.84. The summed E-state index contributed by atoms with van der Waals surface area (Å²) < 4.78 is 68.3. The molecule has 11 heteroatoms. The minimum atomic E-state index is -5.88. The number of carbonyl (C=O) groups excluding carboxylic acids is 1. The normalized spacial score (nSPS) is 41.4. The first-order chi connectivity index (χ1) is 9.54. The first-order valence-corrected chi connectivity index (χ1v) is 7.38. The van der Waals surface area contributed by atoms with E-state index in [4.69, 9.17) is 9.84 Å². The van der Waals surface area contributed by atoms with Crippen molar-refractivity contribution in [1.82, 2.24) is 0 Å². The van der Waals surface area contributed by atoms with Gasteiger partial charge in [0.25, 0.3) is 0 Å². The zero-order chi connectivity index (χ0) is 15.7. The van der Waals surface area contributed by atoms with Gasteiger partial charge < -0.3 is 9.84 Å². The summed E-state index contributed by atoms with van der Waals surface area (Å²) in [6, 6.07) is 0. The summed E-state index contributed by atoms with van der Waals surface area (Å²) in [4.78, 5) is 22.8. The fourth-order valence-corrected chi connectivity index (χ4v) is 4.31. The molecular weight excluding hydrogens is 321 g/mol. The van der Waals surface area contributed by atoms with Gasteiger partial charge in [0, 0.05) is 11.8 Å². The molecule has 2 bridgehead atoms. The molecule has 21 heavy (non-hydrogen) atoms. The van der Waals surface area contributed by atoms with Gasteiger partial charge in [0.1, 0.15) is 12.2 Å². The van der Waals surface area contributed by atoms with Crippen LogP contribution in [0.2, 0.25) is 0 Å². The minimum Gasteiger partial charge on any atom is -0.481 e. The quantitative estimate of drug-likeness (QED) is 0.445. The summed E-state index contributed by atoms with van der Waals surface area (Å²) in [5.41, 5.74) is -5.62. The van der Waals surface area contributed by atoms with Crippen LogP contribution in [-0.4, -0.2) is 43.2 Å². The smallest absolute Gasteiger partial charge is 0.481 e. The zero-order valence-electron chi connectivity index (χ0n) is 10.1. The molecule has 1 aliphatic heterocycles. The third-order valence-electron chi connectivity index (χ3n) is 4.35. The lowest BCUT2D eigenvalue weighted by Crippen LogP contribution is -2.44. The van der Waals surface area contributed by atoms with Crippen LogP contribution in [0.4, 0.5) is 13.2 Å². The molecular formula is C10H9F3O7S. The van der Waals surface area contributed by atoms with E-state index < -0.39 is 63.4 Å². The van der Waals surface area contributed by atoms with E-state index in [0.717, 1.165) is 0 Å². The van der Waals surface area contributed by atoms with Crippen molar-refractivity contribution in [3.63, 3.8) is 0 Å². The molecule has 118 valence electrons. The van der Waals surface area contributed by atoms with Crippen LogP contribution in [0.25, 0.3) is 0 Å². The van der Waals surface area contributed by atoms with Gasteiger partial charge in [-0.15, -0.1) is 0 Å². The summed E-state index contributed by atoms with van der Waals surface area (Å²) >= 11 is 0. The molecule has 6 atom stereocenters. The van der Waals surface area contributed by atoms with Crippen LogP contribution in [0.1, 0.15) is 6.42 Å². The molecule has 1 N–H and O–H groups in total. The van der Waals surface area contributed by atoms with Crippen molar-refractivity contribution >= 4 is 22.1 Å². The average Bonchev–Trinajstić information content (AvgIpc) is 2.89. The van der Waals surface area contributed by atoms with E-state index >= 15 is 0 Å². The number of carbonyl (C=O) groups is 2. The summed E-state index contributed by atoms with van der Waals surface area (Å²) in [7, 11) is -5.88. The molecule has 3 fully saturated rings. The van der Waals surface area contributed by atoms with Crippen LogP contribution < -0.4 is 0 Å². The van der Waals surface area contributed by atoms with Gasteiger partial charge in [-0.1, -0.05) is 0 Å². The van der Waals surface area contributed by atoms with Crippen molar-refractivity contribution in [1.29, 1.82) is 0 Å². The van der Waals surface area contributed by atoms with Crippen LogP contribution in [0.5, 0.6) is 0 Å². The van der Waals surface area contributed by atoms with E-state index in [1.165, 1.54) is 0 Å². The maximum absolute atomic E-state index is 12.4. The molecule has 0 aromatic rings. The van der Waals surface area contributed by atoms with E-state index in [1.807, 2.05) is 0 Å². The highest BCUT2D eigenvalue weighted by Crippen LogP contribution is 2.59. The van der Waals surface area contributed by atoms with E-state index in [2.05, 4.69) is 4.18 Å². The minimum absolute atomic E-state index is 0.0933. The van der Waals surface area contributed by atoms with Gasteiger partial charge in [0.15, 0.2) is 0 Å². The number of halogens is 3. The average molecular weight is 330 g/mol. The number of esters is 1. The molecule has 0 aromatic heterocycles. The molecule has 0 aromatic carbocycles. The van der Waals surface area contributed by atoms with Crippen molar-refractivity contribution in [3.05, 3.63) is 0 Å². The molecule has 0 amide bonds. The number of fused-ring (bicyclic) bond motifs is 1. The van der Waals surface area contributed by atoms with Gasteiger partial charge in [-0.25, -0.2) is 0 Å². The summed E-state index contributed by atoms with van der Waals surface area (Å²) in [6.07, 6.45) is -2.65. The lowest BCUT2D eigenvalue weighted by Gasteiger charge is -2.28. The lowest BCUT2D eigenvalue weighted by molar-refractivity contribution is -0.151. The Balaban J connectivity index is 1.92. The maximum Gasteiger partial charge on any atom is 0.523 e. The Labute approximate surface area is 116 Å². The standard InChI is InChI=1S/C10H9F3O7S/c11-10(12,13)21(17,18)20-7-2-1-3-5(4(2)8(14)15)9(16)19-6(3)7/h2-7H,1H2,(H,14,15)/t2-,3+,4-,5+,6-,7-/m0/s1. The van der Waals surface area contributed by atoms with Gasteiger partial charge in [-0.2, -0.15) is 21.6 Å². The summed E-state index contributed by atoms with van der Waals surface area (Å²) in [5, 5.41) is 9.11. The van der Waals surface area contributed by atoms with E-state index in [-0.39, 0.29) is 6.42 Å². The van der Waals surface area contributed by atoms with Crippen molar-refractivity contribution < 1.29 is 45.2 Å². The number of alkyl halides is 3. The SMILES string of the molecule is O=C1O[C@H]2[C@@H]3C[C@H]([C@@H]2OS(=O)(=O)C(F)(F)F)[C@H](C(=O)O)[C@H]13. The Morgan fingerprint density at radius 2 is 1.95 bits per heavy atom. The molecule has 0 unspecified atom stereocenters. The molecule has 0 radical (unpaired) electrons. The number of hydrogen-bond acceptors (Lipinski definition) is 6. The molecule has 0 spiro atoms. The Morgan fingerprint density at radius 1 is 1.33 bits per heavy atom. The second-order valence-corrected chi connectivity index (χ2v) is 6.88. The van der Waals surface area contributed by atoms with Crippen molar-refractivity contribution in [2.24, 2.45) is 23.7 Å². The number of carboxylic acid groups (broad SMARTS) is 1. The second kappa shape index (κ2) is 4.09. The number of ether oxygens (including phenoxy) is 1. The van der Waals surface area contributed by atoms with Crippen LogP contribution in [-0.2, 0) is 28.6 Å². The zero-order valence-corrected chi connectivity index (χ0v) is 10.9. The molecule has 2 aliphatic carbocycles. The molecule has 1 saturated heterocycles. The van der Waals surface area contributed by atoms with E-state index in [9.17, 15) is 31.2 Å². The van der Waals surface area contributed by atoms with Crippen LogP contribution in [0.15, 0.2) is 0 Å².